The standard InChI is InChI=1S/C20H23N3OS/c1-5-15(4)21-20(24)18-12-16(19-7-6-10-25-19)22-23(18)17-9-8-13(2)11-14(17)3/h6-12,15H,5H2,1-4H3,(H,21,24). The molecule has 3 aromatic rings. The molecule has 0 aliphatic carbocycles. The summed E-state index contributed by atoms with van der Waals surface area (Å²) in [6.07, 6.45) is 0.890. The van der Waals surface area contributed by atoms with Gasteiger partial charge in [-0.05, 0) is 56.3 Å². The molecule has 25 heavy (non-hydrogen) atoms. The molecular formula is C20H23N3OS. The van der Waals surface area contributed by atoms with Crippen LogP contribution in [0.25, 0.3) is 16.3 Å². The number of rotatable bonds is 5. The van der Waals surface area contributed by atoms with Crippen LogP contribution in [0.2, 0.25) is 0 Å². The highest BCUT2D eigenvalue weighted by atomic mass is 32.1. The Kier molecular flexibility index (Phi) is 5.04. The molecule has 1 aromatic carbocycles. The van der Waals surface area contributed by atoms with Crippen LogP contribution in [-0.4, -0.2) is 21.7 Å². The molecule has 3 rings (SSSR count). The zero-order chi connectivity index (χ0) is 18.0. The van der Waals surface area contributed by atoms with Crippen LogP contribution < -0.4 is 5.32 Å². The van der Waals surface area contributed by atoms with E-state index >= 15 is 0 Å². The summed E-state index contributed by atoms with van der Waals surface area (Å²) in [5.41, 5.74) is 4.61. The molecule has 1 amide bonds. The highest BCUT2D eigenvalue weighted by molar-refractivity contribution is 7.13. The number of nitrogens with zero attached hydrogens (tertiary/aromatic N) is 2. The first kappa shape index (κ1) is 17.4. The van der Waals surface area contributed by atoms with Gasteiger partial charge in [0.05, 0.1) is 10.6 Å². The number of carbonyl (C=O) groups is 1. The Morgan fingerprint density at radius 3 is 2.72 bits per heavy atom. The Hall–Kier alpha value is -2.40. The maximum absolute atomic E-state index is 12.8. The maximum atomic E-state index is 12.8. The van der Waals surface area contributed by atoms with Gasteiger partial charge in [-0.2, -0.15) is 5.10 Å². The summed E-state index contributed by atoms with van der Waals surface area (Å²) in [5, 5.41) is 9.80. The van der Waals surface area contributed by atoms with E-state index in [0.29, 0.717) is 5.69 Å². The summed E-state index contributed by atoms with van der Waals surface area (Å²) < 4.78 is 1.77. The van der Waals surface area contributed by atoms with E-state index in [4.69, 9.17) is 5.10 Å². The van der Waals surface area contributed by atoms with Crippen molar-refractivity contribution in [2.45, 2.75) is 40.2 Å². The van der Waals surface area contributed by atoms with Crippen molar-refractivity contribution in [2.24, 2.45) is 0 Å². The van der Waals surface area contributed by atoms with Gasteiger partial charge in [-0.1, -0.05) is 30.7 Å². The normalized spacial score (nSPS) is 12.2. The molecule has 1 N–H and O–H groups in total. The number of aromatic nitrogens is 2. The molecule has 0 spiro atoms. The summed E-state index contributed by atoms with van der Waals surface area (Å²) in [6.45, 7) is 8.18. The zero-order valence-corrected chi connectivity index (χ0v) is 15.9. The topological polar surface area (TPSA) is 46.9 Å². The second kappa shape index (κ2) is 7.23. The van der Waals surface area contributed by atoms with Crippen LogP contribution in [0, 0.1) is 13.8 Å². The lowest BCUT2D eigenvalue weighted by Crippen LogP contribution is -2.33. The Bertz CT molecular complexity index is 880. The first-order valence-corrected chi connectivity index (χ1v) is 9.40. The van der Waals surface area contributed by atoms with Gasteiger partial charge in [0, 0.05) is 6.04 Å². The molecule has 0 fully saturated rings. The highest BCUT2D eigenvalue weighted by Crippen LogP contribution is 2.27. The van der Waals surface area contributed by atoms with Crippen LogP contribution in [-0.2, 0) is 0 Å². The minimum Gasteiger partial charge on any atom is -0.348 e. The minimum atomic E-state index is -0.0929. The summed E-state index contributed by atoms with van der Waals surface area (Å²) >= 11 is 1.62. The van der Waals surface area contributed by atoms with Crippen LogP contribution in [0.4, 0.5) is 0 Å². The predicted molar refractivity (Wildman–Crippen MR) is 104 cm³/mol. The van der Waals surface area contributed by atoms with E-state index in [1.54, 1.807) is 16.0 Å². The largest absolute Gasteiger partial charge is 0.348 e. The second-order valence-corrected chi connectivity index (χ2v) is 7.32. The van der Waals surface area contributed by atoms with Crippen molar-refractivity contribution in [1.82, 2.24) is 15.1 Å². The minimum absolute atomic E-state index is 0.0929. The van der Waals surface area contributed by atoms with Crippen molar-refractivity contribution in [2.75, 3.05) is 0 Å². The van der Waals surface area contributed by atoms with Gasteiger partial charge < -0.3 is 5.32 Å². The molecule has 1 atom stereocenters. The van der Waals surface area contributed by atoms with Gasteiger partial charge >= 0.3 is 0 Å². The van der Waals surface area contributed by atoms with E-state index < -0.39 is 0 Å². The third-order valence-electron chi connectivity index (χ3n) is 4.29. The van der Waals surface area contributed by atoms with Gasteiger partial charge in [-0.25, -0.2) is 4.68 Å². The van der Waals surface area contributed by atoms with Gasteiger partial charge in [0.1, 0.15) is 11.4 Å². The number of carbonyl (C=O) groups excluding carboxylic acids is 1. The maximum Gasteiger partial charge on any atom is 0.270 e. The molecule has 0 aliphatic heterocycles. The van der Waals surface area contributed by atoms with E-state index in [1.165, 1.54) is 5.56 Å². The number of nitrogens with one attached hydrogen (secondary N) is 1. The molecule has 2 heterocycles. The van der Waals surface area contributed by atoms with Crippen molar-refractivity contribution in [1.29, 1.82) is 0 Å². The molecule has 0 saturated carbocycles. The summed E-state index contributed by atoms with van der Waals surface area (Å²) in [4.78, 5) is 13.9. The van der Waals surface area contributed by atoms with E-state index in [-0.39, 0.29) is 11.9 Å². The monoisotopic (exact) mass is 353 g/mol. The summed E-state index contributed by atoms with van der Waals surface area (Å²) in [5.74, 6) is -0.0929. The predicted octanol–water partition coefficient (Wildman–Crippen LogP) is 4.75. The molecule has 0 aliphatic rings. The molecule has 130 valence electrons. The molecule has 4 nitrogen and oxygen atoms in total. The van der Waals surface area contributed by atoms with E-state index in [9.17, 15) is 4.79 Å². The van der Waals surface area contributed by atoms with Gasteiger partial charge in [-0.3, -0.25) is 4.79 Å². The van der Waals surface area contributed by atoms with Crippen LogP contribution >= 0.6 is 11.3 Å². The highest BCUT2D eigenvalue weighted by Gasteiger charge is 2.20. The number of hydrogen-bond donors (Lipinski definition) is 1. The Morgan fingerprint density at radius 2 is 2.08 bits per heavy atom. The molecule has 5 heteroatoms. The lowest BCUT2D eigenvalue weighted by Gasteiger charge is -2.14. The first-order valence-electron chi connectivity index (χ1n) is 8.52. The number of thiophene rings is 1. The third-order valence-corrected chi connectivity index (χ3v) is 5.18. The van der Waals surface area contributed by atoms with E-state index in [1.807, 2.05) is 49.6 Å². The molecular weight excluding hydrogens is 330 g/mol. The average Bonchev–Trinajstić information content (AvgIpc) is 3.24. The molecule has 1 unspecified atom stereocenters. The quantitative estimate of drug-likeness (QED) is 0.720. The lowest BCUT2D eigenvalue weighted by molar-refractivity contribution is 0.0931. The SMILES string of the molecule is CCC(C)NC(=O)c1cc(-c2cccs2)nn1-c1ccc(C)cc1C. The van der Waals surface area contributed by atoms with Crippen molar-refractivity contribution >= 4 is 17.2 Å². The van der Waals surface area contributed by atoms with Crippen LogP contribution in [0.1, 0.15) is 41.9 Å². The molecule has 0 saturated heterocycles. The van der Waals surface area contributed by atoms with Crippen molar-refractivity contribution < 1.29 is 4.79 Å². The second-order valence-electron chi connectivity index (χ2n) is 6.38. The van der Waals surface area contributed by atoms with Gasteiger partial charge in [0.15, 0.2) is 0 Å². The molecule has 0 bridgehead atoms. The van der Waals surface area contributed by atoms with E-state index in [2.05, 4.69) is 25.2 Å². The molecule has 0 radical (unpaired) electrons. The smallest absolute Gasteiger partial charge is 0.270 e. The summed E-state index contributed by atoms with van der Waals surface area (Å²) in [7, 11) is 0. The van der Waals surface area contributed by atoms with Crippen LogP contribution in [0.5, 0.6) is 0 Å². The van der Waals surface area contributed by atoms with Gasteiger partial charge in [0.25, 0.3) is 5.91 Å². The van der Waals surface area contributed by atoms with Crippen LogP contribution in [0.15, 0.2) is 41.8 Å². The van der Waals surface area contributed by atoms with Crippen LogP contribution in [0.3, 0.4) is 0 Å². The van der Waals surface area contributed by atoms with Crippen molar-refractivity contribution in [3.8, 4) is 16.3 Å². The fraction of sp³-hybridized carbons (Fsp3) is 0.300. The first-order chi connectivity index (χ1) is 12.0. The Balaban J connectivity index is 2.10. The third kappa shape index (κ3) is 3.66. The number of aryl methyl sites for hydroxylation is 2. The lowest BCUT2D eigenvalue weighted by atomic mass is 10.1. The van der Waals surface area contributed by atoms with Crippen molar-refractivity contribution in [3.05, 3.63) is 58.6 Å². The fourth-order valence-corrected chi connectivity index (χ4v) is 3.40. The number of benzene rings is 1. The van der Waals surface area contributed by atoms with Gasteiger partial charge in [-0.15, -0.1) is 11.3 Å². The Labute approximate surface area is 152 Å². The summed E-state index contributed by atoms with van der Waals surface area (Å²) in [6, 6.07) is 12.2. The number of hydrogen-bond acceptors (Lipinski definition) is 3. The average molecular weight is 353 g/mol. The van der Waals surface area contributed by atoms with Crippen molar-refractivity contribution in [3.63, 3.8) is 0 Å². The Morgan fingerprint density at radius 1 is 1.28 bits per heavy atom. The fourth-order valence-electron chi connectivity index (χ4n) is 2.71. The zero-order valence-electron chi connectivity index (χ0n) is 15.0. The number of amides is 1. The van der Waals surface area contributed by atoms with Gasteiger partial charge in [0.2, 0.25) is 0 Å². The van der Waals surface area contributed by atoms with E-state index in [0.717, 1.165) is 28.2 Å². The molecule has 2 aromatic heterocycles.